The van der Waals surface area contributed by atoms with Gasteiger partial charge < -0.3 is 10.6 Å². The van der Waals surface area contributed by atoms with Crippen molar-refractivity contribution >= 4 is 29.9 Å². The molecule has 7 heteroatoms. The maximum atomic E-state index is 12.9. The van der Waals surface area contributed by atoms with Crippen molar-refractivity contribution in [2.45, 2.75) is 31.7 Å². The summed E-state index contributed by atoms with van der Waals surface area (Å²) in [5.41, 5.74) is 1.78. The summed E-state index contributed by atoms with van der Waals surface area (Å²) in [6, 6.07) is 7.78. The molecule has 0 spiro atoms. The molecule has 1 aliphatic heterocycles. The molecular weight excluding hydrogens is 371 g/mol. The molecule has 0 saturated carbocycles. The van der Waals surface area contributed by atoms with Crippen LogP contribution >= 0.6 is 24.0 Å². The molecule has 1 aromatic carbocycles. The van der Waals surface area contributed by atoms with E-state index in [0.717, 1.165) is 22.7 Å². The van der Waals surface area contributed by atoms with Gasteiger partial charge in [-0.3, -0.25) is 9.48 Å². The first-order chi connectivity index (χ1) is 11.9. The molecule has 2 N–H and O–H groups in total. The lowest BCUT2D eigenvalue weighted by Crippen LogP contribution is -2.48. The Morgan fingerprint density at radius 2 is 2.12 bits per heavy atom. The van der Waals surface area contributed by atoms with Gasteiger partial charge in [-0.25, -0.2) is 0 Å². The number of benzene rings is 1. The summed E-state index contributed by atoms with van der Waals surface area (Å²) < 4.78 is 1.78. The van der Waals surface area contributed by atoms with Crippen LogP contribution in [0.3, 0.4) is 0 Å². The normalized spacial score (nSPS) is 19.8. The van der Waals surface area contributed by atoms with Crippen LogP contribution in [-0.4, -0.2) is 34.3 Å². The molecule has 2 heterocycles. The topological polar surface area (TPSA) is 59.0 Å². The summed E-state index contributed by atoms with van der Waals surface area (Å²) in [5, 5.41) is 11.5. The second-order valence-corrected chi connectivity index (χ2v) is 7.87. The minimum Gasteiger partial charge on any atom is -0.351 e. The first-order valence-corrected chi connectivity index (χ1v) is 8.98. The quantitative estimate of drug-likeness (QED) is 0.816. The molecule has 1 fully saturated rings. The van der Waals surface area contributed by atoms with Gasteiger partial charge in [-0.05, 0) is 37.5 Å². The fourth-order valence-electron chi connectivity index (χ4n) is 3.52. The van der Waals surface area contributed by atoms with E-state index in [1.165, 1.54) is 0 Å². The van der Waals surface area contributed by atoms with Crippen LogP contribution in [0.4, 0.5) is 0 Å². The Morgan fingerprint density at radius 3 is 2.77 bits per heavy atom. The molecule has 0 bridgehead atoms. The van der Waals surface area contributed by atoms with E-state index >= 15 is 0 Å². The molecule has 142 valence electrons. The number of carbonyl (C=O) groups is 1. The van der Waals surface area contributed by atoms with E-state index in [4.69, 9.17) is 11.6 Å². The number of hydrogen-bond acceptors (Lipinski definition) is 3. The van der Waals surface area contributed by atoms with Gasteiger partial charge in [0.25, 0.3) is 0 Å². The first-order valence-electron chi connectivity index (χ1n) is 8.60. The summed E-state index contributed by atoms with van der Waals surface area (Å²) >= 11 is 6.27. The summed E-state index contributed by atoms with van der Waals surface area (Å²) in [5.74, 6) is 0.149. The van der Waals surface area contributed by atoms with Gasteiger partial charge in [0.1, 0.15) is 0 Å². The van der Waals surface area contributed by atoms with Crippen molar-refractivity contribution in [1.82, 2.24) is 20.4 Å². The zero-order valence-electron chi connectivity index (χ0n) is 15.3. The third kappa shape index (κ3) is 4.78. The maximum absolute atomic E-state index is 12.9. The van der Waals surface area contributed by atoms with E-state index in [9.17, 15) is 4.79 Å². The molecule has 0 unspecified atom stereocenters. The predicted molar refractivity (Wildman–Crippen MR) is 107 cm³/mol. The van der Waals surface area contributed by atoms with Crippen LogP contribution in [0.2, 0.25) is 5.02 Å². The number of rotatable bonds is 5. The van der Waals surface area contributed by atoms with Crippen molar-refractivity contribution in [3.8, 4) is 0 Å². The van der Waals surface area contributed by atoms with E-state index in [-0.39, 0.29) is 35.7 Å². The zero-order valence-corrected chi connectivity index (χ0v) is 16.9. The van der Waals surface area contributed by atoms with Crippen molar-refractivity contribution in [3.05, 3.63) is 52.8 Å². The van der Waals surface area contributed by atoms with Crippen LogP contribution in [0.5, 0.6) is 0 Å². The van der Waals surface area contributed by atoms with Crippen molar-refractivity contribution in [1.29, 1.82) is 0 Å². The molecule has 2 atom stereocenters. The van der Waals surface area contributed by atoms with E-state index in [2.05, 4.69) is 15.7 Å². The standard InChI is InChI=1S/C19H25ClN4O.ClH/c1-19(2,8-13-6-4-5-7-17(13)20)23-18(25)16-11-21-10-15(16)14-9-22-24(3)12-14;/h4-7,9,12,15-16,21H,8,10-11H2,1-3H3,(H,23,25);1H/t15-,16+;/m1./s1. The highest BCUT2D eigenvalue weighted by Gasteiger charge is 2.36. The highest BCUT2D eigenvalue weighted by atomic mass is 35.5. The number of aryl methyl sites for hydroxylation is 1. The van der Waals surface area contributed by atoms with Gasteiger partial charge in [0, 0.05) is 42.8 Å². The lowest BCUT2D eigenvalue weighted by atomic mass is 9.88. The number of carbonyl (C=O) groups excluding carboxylic acids is 1. The van der Waals surface area contributed by atoms with Crippen molar-refractivity contribution in [2.75, 3.05) is 13.1 Å². The Bertz CT molecular complexity index is 760. The Labute approximate surface area is 165 Å². The SMILES string of the molecule is Cl.Cn1cc([C@H]2CNC[C@@H]2C(=O)NC(C)(C)Cc2ccccc2Cl)cn1. The minimum absolute atomic E-state index is 0. The van der Waals surface area contributed by atoms with Gasteiger partial charge in [0.2, 0.25) is 5.91 Å². The third-order valence-corrected chi connectivity index (χ3v) is 5.12. The second kappa shape index (κ2) is 8.42. The molecule has 26 heavy (non-hydrogen) atoms. The third-order valence-electron chi connectivity index (χ3n) is 4.76. The number of halogens is 2. The Morgan fingerprint density at radius 1 is 1.38 bits per heavy atom. The van der Waals surface area contributed by atoms with Crippen molar-refractivity contribution in [2.24, 2.45) is 13.0 Å². The first kappa shape index (κ1) is 20.7. The van der Waals surface area contributed by atoms with Gasteiger partial charge in [0.15, 0.2) is 0 Å². The number of aromatic nitrogens is 2. The molecule has 2 aromatic rings. The lowest BCUT2D eigenvalue weighted by molar-refractivity contribution is -0.126. The van der Waals surface area contributed by atoms with Crippen LogP contribution in [-0.2, 0) is 18.3 Å². The van der Waals surface area contributed by atoms with Crippen LogP contribution in [0, 0.1) is 5.92 Å². The summed E-state index contributed by atoms with van der Waals surface area (Å²) in [4.78, 5) is 12.9. The highest BCUT2D eigenvalue weighted by molar-refractivity contribution is 6.31. The van der Waals surface area contributed by atoms with E-state index in [1.807, 2.05) is 57.6 Å². The van der Waals surface area contributed by atoms with Crippen LogP contribution in [0.1, 0.15) is 30.9 Å². The Balaban J connectivity index is 0.00000243. The average molecular weight is 397 g/mol. The van der Waals surface area contributed by atoms with Crippen LogP contribution in [0.15, 0.2) is 36.7 Å². The average Bonchev–Trinajstić information content (AvgIpc) is 3.17. The number of amides is 1. The number of nitrogens with zero attached hydrogens (tertiary/aromatic N) is 2. The molecule has 0 aliphatic carbocycles. The van der Waals surface area contributed by atoms with Crippen molar-refractivity contribution < 1.29 is 4.79 Å². The van der Waals surface area contributed by atoms with Crippen LogP contribution < -0.4 is 10.6 Å². The fraction of sp³-hybridized carbons (Fsp3) is 0.474. The summed E-state index contributed by atoms with van der Waals surface area (Å²) in [6.07, 6.45) is 4.54. The molecule has 1 aromatic heterocycles. The Hall–Kier alpha value is -1.56. The predicted octanol–water partition coefficient (Wildman–Crippen LogP) is 2.94. The van der Waals surface area contributed by atoms with E-state index in [1.54, 1.807) is 4.68 Å². The number of nitrogens with one attached hydrogen (secondary N) is 2. The Kier molecular flexibility index (Phi) is 6.72. The maximum Gasteiger partial charge on any atom is 0.225 e. The van der Waals surface area contributed by atoms with E-state index < -0.39 is 0 Å². The van der Waals surface area contributed by atoms with Gasteiger partial charge in [-0.15, -0.1) is 12.4 Å². The molecule has 5 nitrogen and oxygen atoms in total. The lowest BCUT2D eigenvalue weighted by Gasteiger charge is -2.29. The summed E-state index contributed by atoms with van der Waals surface area (Å²) in [7, 11) is 1.90. The van der Waals surface area contributed by atoms with Gasteiger partial charge >= 0.3 is 0 Å². The van der Waals surface area contributed by atoms with Crippen LogP contribution in [0.25, 0.3) is 0 Å². The minimum atomic E-state index is -0.371. The molecule has 3 rings (SSSR count). The zero-order chi connectivity index (χ0) is 18.0. The molecule has 1 saturated heterocycles. The molecule has 1 aliphatic rings. The van der Waals surface area contributed by atoms with Crippen molar-refractivity contribution in [3.63, 3.8) is 0 Å². The fourth-order valence-corrected chi connectivity index (χ4v) is 3.73. The molecular formula is C19H26Cl2N4O. The number of hydrogen-bond donors (Lipinski definition) is 2. The molecule has 0 radical (unpaired) electrons. The van der Waals surface area contributed by atoms with Gasteiger partial charge in [0.05, 0.1) is 12.1 Å². The smallest absolute Gasteiger partial charge is 0.225 e. The monoisotopic (exact) mass is 396 g/mol. The highest BCUT2D eigenvalue weighted by Crippen LogP contribution is 2.29. The molecule has 1 amide bonds. The second-order valence-electron chi connectivity index (χ2n) is 7.46. The summed E-state index contributed by atoms with van der Waals surface area (Å²) in [6.45, 7) is 5.56. The van der Waals surface area contributed by atoms with E-state index in [0.29, 0.717) is 13.0 Å². The largest absolute Gasteiger partial charge is 0.351 e. The van der Waals surface area contributed by atoms with Gasteiger partial charge in [-0.1, -0.05) is 29.8 Å². The van der Waals surface area contributed by atoms with Gasteiger partial charge in [-0.2, -0.15) is 5.10 Å².